The summed E-state index contributed by atoms with van der Waals surface area (Å²) in [6.07, 6.45) is -6.97. The van der Waals surface area contributed by atoms with Gasteiger partial charge in [0.25, 0.3) is 5.92 Å². The summed E-state index contributed by atoms with van der Waals surface area (Å²) in [5, 5.41) is 0. The Balaban J connectivity index is 0.000000676. The van der Waals surface area contributed by atoms with Crippen LogP contribution in [0.25, 0.3) is 0 Å². The van der Waals surface area contributed by atoms with Crippen molar-refractivity contribution < 1.29 is 138 Å². The Bertz CT molecular complexity index is 2530. The molecule has 4 rings (SSSR count). The predicted molar refractivity (Wildman–Crippen MR) is 343 cm³/mol. The number of halogens is 14. The van der Waals surface area contributed by atoms with Crippen LogP contribution >= 0.6 is 0 Å². The second-order valence-corrected chi connectivity index (χ2v) is 27.0. The Hall–Kier alpha value is -6.26. The lowest BCUT2D eigenvalue weighted by molar-refractivity contribution is -0.228. The molecule has 0 N–H and O–H groups in total. The van der Waals surface area contributed by atoms with Crippen LogP contribution in [0.15, 0.2) is 48.6 Å². The molecule has 5 atom stereocenters. The van der Waals surface area contributed by atoms with E-state index in [1.54, 1.807) is 0 Å². The second-order valence-electron chi connectivity index (χ2n) is 27.0. The first-order valence-corrected chi connectivity index (χ1v) is 34.5. The van der Waals surface area contributed by atoms with Gasteiger partial charge in [0.2, 0.25) is 11.6 Å². The molecule has 0 spiro atoms. The van der Waals surface area contributed by atoms with Crippen LogP contribution in [0, 0.1) is 23.7 Å². The summed E-state index contributed by atoms with van der Waals surface area (Å²) in [5.74, 6) is -12.9. The highest BCUT2D eigenvalue weighted by Crippen LogP contribution is 2.39. The fraction of sp³-hybridized carbons (Fsp3) is 0.775. The van der Waals surface area contributed by atoms with Gasteiger partial charge in [0.05, 0.1) is 23.7 Å². The van der Waals surface area contributed by atoms with Gasteiger partial charge in [-0.1, -0.05) is 116 Å². The van der Waals surface area contributed by atoms with Gasteiger partial charge in [-0.05, 0) is 125 Å². The molecule has 101 heavy (non-hydrogen) atoms. The van der Waals surface area contributed by atoms with Crippen molar-refractivity contribution in [2.24, 2.45) is 23.7 Å². The Morgan fingerprint density at radius 1 is 0.337 bits per heavy atom. The highest BCUT2D eigenvalue weighted by molar-refractivity contribution is 5.88. The van der Waals surface area contributed by atoms with Crippen molar-refractivity contribution in [2.45, 2.75) is 301 Å². The monoisotopic (exact) mass is 1480 g/mol. The second kappa shape index (κ2) is 45.8. The minimum Gasteiger partial charge on any atom is -0.459 e. The van der Waals surface area contributed by atoms with Crippen LogP contribution < -0.4 is 0 Å². The van der Waals surface area contributed by atoms with E-state index in [4.69, 9.17) is 37.9 Å². The van der Waals surface area contributed by atoms with Crippen molar-refractivity contribution in [1.82, 2.24) is 0 Å². The zero-order chi connectivity index (χ0) is 77.0. The fourth-order valence-electron chi connectivity index (χ4n) is 10.7. The number of esters is 8. The van der Waals surface area contributed by atoms with E-state index >= 15 is 0 Å². The zero-order valence-corrected chi connectivity index (χ0v) is 59.0. The first-order chi connectivity index (χ1) is 46.7. The maximum Gasteiger partial charge on any atom is 0.422 e. The number of carbonyl (C=O) groups is 8. The van der Waals surface area contributed by atoms with E-state index in [0.29, 0.717) is 45.4 Å². The van der Waals surface area contributed by atoms with Gasteiger partial charge in [-0.15, -0.1) is 0 Å². The molecule has 0 amide bonds. The van der Waals surface area contributed by atoms with Crippen molar-refractivity contribution >= 4 is 47.8 Å². The molecular weight excluding hydrogens is 1370 g/mol. The van der Waals surface area contributed by atoms with Crippen molar-refractivity contribution in [3.63, 3.8) is 0 Å². The van der Waals surface area contributed by atoms with E-state index in [1.165, 1.54) is 27.7 Å². The molecule has 0 aromatic heterocycles. The highest BCUT2D eigenvalue weighted by atomic mass is 19.4. The first kappa shape index (κ1) is 92.8. The minimum absolute atomic E-state index is 0.0502. The number of hydrogen-bond acceptors (Lipinski definition) is 16. The molecule has 0 saturated heterocycles. The van der Waals surface area contributed by atoms with Crippen molar-refractivity contribution in [2.75, 3.05) is 26.4 Å². The molecule has 30 heteroatoms. The average molecular weight is 1480 g/mol. The summed E-state index contributed by atoms with van der Waals surface area (Å²) < 4.78 is 220. The van der Waals surface area contributed by atoms with Gasteiger partial charge < -0.3 is 37.9 Å². The van der Waals surface area contributed by atoms with Gasteiger partial charge in [-0.3, -0.25) is 19.2 Å². The van der Waals surface area contributed by atoms with E-state index in [1.807, 2.05) is 0 Å². The van der Waals surface area contributed by atoms with Gasteiger partial charge in [0, 0.05) is 41.6 Å². The molecule has 16 nitrogen and oxygen atoms in total. The van der Waals surface area contributed by atoms with E-state index in [2.05, 4.69) is 26.3 Å². The molecule has 4 aliphatic rings. The minimum atomic E-state index is -5.03. The zero-order valence-electron chi connectivity index (χ0n) is 59.0. The summed E-state index contributed by atoms with van der Waals surface area (Å²) in [7, 11) is 0. The number of hydrogen-bond donors (Lipinski definition) is 0. The topological polar surface area (TPSA) is 210 Å². The number of alkyl halides is 14. The third kappa shape index (κ3) is 43.5. The largest absolute Gasteiger partial charge is 0.459 e. The first-order valence-electron chi connectivity index (χ1n) is 34.5. The Labute approximate surface area is 583 Å². The van der Waals surface area contributed by atoms with E-state index in [-0.39, 0.29) is 71.6 Å². The Morgan fingerprint density at radius 2 is 0.564 bits per heavy atom. The molecule has 4 fully saturated rings. The average Bonchev–Trinajstić information content (AvgIpc) is 0.852. The summed E-state index contributed by atoms with van der Waals surface area (Å²) in [6, 6.07) is 0. The molecule has 582 valence electrons. The van der Waals surface area contributed by atoms with E-state index < -0.39 is 167 Å². The molecule has 4 aliphatic carbocycles. The van der Waals surface area contributed by atoms with Crippen LogP contribution in [0.4, 0.5) is 61.5 Å². The molecule has 0 radical (unpaired) electrons. The molecule has 0 aromatic rings. The normalized spacial score (nSPS) is 18.0. The van der Waals surface area contributed by atoms with E-state index in [0.717, 1.165) is 110 Å². The standard InChI is InChI=1S/C20H30F4O4.C18H25F5O4.C17H26F2O4.C16H23F3O4/c1-14(2)17(25)27-13-16(11-12-19(3,21)20(22,23)24)28-18(26)15-9-7-5-4-6-8-10-15;1-12(2)15(24)26-10-14(8-9-17(19,20)11-18(21,22)23)27-16(25)13-6-4-3-5-7-13;1-12(2)15(20)22-11-14(9-10-17(3,18)19)23-16(21)13-7-5-4-6-8-13;1-11(2)14(20)22-10-13(8-9-16(17,18)19)23-15(21)12-6-4-3-5-7-12/h15-16H,1,4-13H2,2-3H3;13-14H,1,3-11H2,2H3;13-14H,1,4-11H2,2-3H3;12-13H,1,3-10H2,2H3. The van der Waals surface area contributed by atoms with Gasteiger partial charge in [-0.25, -0.2) is 41.1 Å². The molecule has 5 unspecified atom stereocenters. The van der Waals surface area contributed by atoms with Crippen molar-refractivity contribution in [1.29, 1.82) is 0 Å². The van der Waals surface area contributed by atoms with Crippen LogP contribution in [0.2, 0.25) is 0 Å². The molecule has 0 aliphatic heterocycles. The van der Waals surface area contributed by atoms with Gasteiger partial charge >= 0.3 is 66.3 Å². The number of carbonyl (C=O) groups excluding carboxylic acids is 8. The van der Waals surface area contributed by atoms with E-state index in [9.17, 15) is 99.8 Å². The van der Waals surface area contributed by atoms with Crippen molar-refractivity contribution in [3.8, 4) is 0 Å². The predicted octanol–water partition coefficient (Wildman–Crippen LogP) is 18.4. The van der Waals surface area contributed by atoms with Crippen LogP contribution in [-0.4, -0.2) is 135 Å². The summed E-state index contributed by atoms with van der Waals surface area (Å²) >= 11 is 0. The third-order valence-electron chi connectivity index (χ3n) is 16.9. The summed E-state index contributed by atoms with van der Waals surface area (Å²) in [4.78, 5) is 94.7. The molecule has 0 heterocycles. The maximum atomic E-state index is 13.9. The molecule has 0 bridgehead atoms. The fourth-order valence-corrected chi connectivity index (χ4v) is 10.7. The smallest absolute Gasteiger partial charge is 0.422 e. The number of ether oxygens (including phenoxy) is 8. The van der Waals surface area contributed by atoms with Gasteiger partial charge in [0.1, 0.15) is 57.3 Å². The molecule has 4 saturated carbocycles. The lowest BCUT2D eigenvalue weighted by Crippen LogP contribution is -2.39. The van der Waals surface area contributed by atoms with Gasteiger partial charge in [0.15, 0.2) is 0 Å². The summed E-state index contributed by atoms with van der Waals surface area (Å²) in [6.45, 7) is 19.0. The summed E-state index contributed by atoms with van der Waals surface area (Å²) in [5.41, 5.74) is -2.90. The Kier molecular flexibility index (Phi) is 42.0. The molecular formula is C71H104F14O16. The quantitative estimate of drug-likeness (QED) is 0.0265. The molecule has 0 aromatic carbocycles. The number of rotatable bonds is 32. The van der Waals surface area contributed by atoms with Crippen LogP contribution in [0.1, 0.15) is 241 Å². The Morgan fingerprint density at radius 3 is 0.792 bits per heavy atom. The maximum absolute atomic E-state index is 13.9. The van der Waals surface area contributed by atoms with Crippen LogP contribution in [0.3, 0.4) is 0 Å². The SMILES string of the molecule is C=C(C)C(=O)OCC(CCC(C)(F)C(F)(F)F)OC(=O)C1CCCCCCC1.C=C(C)C(=O)OCC(CCC(C)(F)F)OC(=O)C1CCCCC1.C=C(C)C(=O)OCC(CCC(F)(F)CC(F)(F)F)OC(=O)C1CCCCC1.C=C(C)C(=O)OCC(CCC(F)(F)F)OC(=O)C1CCCCC1. The van der Waals surface area contributed by atoms with Crippen molar-refractivity contribution in [3.05, 3.63) is 48.6 Å². The van der Waals surface area contributed by atoms with Crippen LogP contribution in [0.5, 0.6) is 0 Å². The lowest BCUT2D eigenvalue weighted by atomic mass is 9.89. The van der Waals surface area contributed by atoms with Crippen LogP contribution in [-0.2, 0) is 76.3 Å². The lowest BCUT2D eigenvalue weighted by Gasteiger charge is -2.27. The van der Waals surface area contributed by atoms with Gasteiger partial charge in [-0.2, -0.15) is 39.5 Å². The highest BCUT2D eigenvalue weighted by Gasteiger charge is 2.52. The third-order valence-corrected chi connectivity index (χ3v) is 16.9.